The Kier molecular flexibility index (Phi) is 3.84. The third-order valence-corrected chi connectivity index (χ3v) is 3.03. The Morgan fingerprint density at radius 2 is 2.24 bits per heavy atom. The van der Waals surface area contributed by atoms with E-state index in [2.05, 4.69) is 5.32 Å². The van der Waals surface area contributed by atoms with E-state index in [4.69, 9.17) is 0 Å². The number of nitrogens with one attached hydrogen (secondary N) is 1. The van der Waals surface area contributed by atoms with Gasteiger partial charge in [-0.1, -0.05) is 0 Å². The maximum Gasteiger partial charge on any atom is 0.138 e. The molecule has 0 radical (unpaired) electrons. The van der Waals surface area contributed by atoms with E-state index in [9.17, 15) is 13.6 Å². The molecular weight excluding hydrogens is 224 g/mol. The molecule has 1 unspecified atom stereocenters. The van der Waals surface area contributed by atoms with Gasteiger partial charge < -0.3 is 5.32 Å². The standard InChI is InChI=1S/C13H15F2NO/c14-10-3-4-13(15)9(6-10)7-12(17)8-11-2-1-5-16-11/h3-4,6,11,16H,1-2,5,7-8H2. The van der Waals surface area contributed by atoms with Crippen molar-refractivity contribution in [2.75, 3.05) is 6.54 Å². The Balaban J connectivity index is 1.95. The van der Waals surface area contributed by atoms with Gasteiger partial charge in [-0.25, -0.2) is 8.78 Å². The maximum atomic E-state index is 13.3. The van der Waals surface area contributed by atoms with Crippen molar-refractivity contribution in [3.63, 3.8) is 0 Å². The highest BCUT2D eigenvalue weighted by Gasteiger charge is 2.18. The van der Waals surface area contributed by atoms with Crippen molar-refractivity contribution in [2.24, 2.45) is 0 Å². The molecule has 1 atom stereocenters. The number of carbonyl (C=O) groups excluding carboxylic acids is 1. The van der Waals surface area contributed by atoms with Crippen molar-refractivity contribution in [1.82, 2.24) is 5.32 Å². The minimum absolute atomic E-state index is 0.0260. The molecule has 0 aromatic heterocycles. The van der Waals surface area contributed by atoms with Crippen LogP contribution < -0.4 is 5.32 Å². The van der Waals surface area contributed by atoms with E-state index < -0.39 is 11.6 Å². The van der Waals surface area contributed by atoms with Gasteiger partial charge in [0.25, 0.3) is 0 Å². The molecule has 4 heteroatoms. The molecule has 0 bridgehead atoms. The summed E-state index contributed by atoms with van der Waals surface area (Å²) in [5.74, 6) is -1.07. The Morgan fingerprint density at radius 1 is 1.41 bits per heavy atom. The monoisotopic (exact) mass is 239 g/mol. The van der Waals surface area contributed by atoms with Crippen LogP contribution in [0, 0.1) is 11.6 Å². The number of ketones is 1. The highest BCUT2D eigenvalue weighted by atomic mass is 19.1. The van der Waals surface area contributed by atoms with E-state index in [-0.39, 0.29) is 23.8 Å². The average molecular weight is 239 g/mol. The molecule has 0 amide bonds. The Morgan fingerprint density at radius 3 is 2.94 bits per heavy atom. The topological polar surface area (TPSA) is 29.1 Å². The fraction of sp³-hybridized carbons (Fsp3) is 0.462. The summed E-state index contributed by atoms with van der Waals surface area (Å²) in [6, 6.07) is 3.42. The third-order valence-electron chi connectivity index (χ3n) is 3.03. The minimum Gasteiger partial charge on any atom is -0.314 e. The SMILES string of the molecule is O=C(Cc1cc(F)ccc1F)CC1CCCN1. The minimum atomic E-state index is -0.515. The summed E-state index contributed by atoms with van der Waals surface area (Å²) in [5, 5.41) is 3.21. The largest absolute Gasteiger partial charge is 0.314 e. The molecule has 92 valence electrons. The fourth-order valence-corrected chi connectivity index (χ4v) is 2.17. The number of halogens is 2. The van der Waals surface area contributed by atoms with Gasteiger partial charge in [0.1, 0.15) is 17.4 Å². The molecule has 0 spiro atoms. The summed E-state index contributed by atoms with van der Waals surface area (Å²) in [5.41, 5.74) is 0.146. The van der Waals surface area contributed by atoms with Crippen LogP contribution in [0.15, 0.2) is 18.2 Å². The fourth-order valence-electron chi connectivity index (χ4n) is 2.17. The Bertz CT molecular complexity index is 414. The summed E-state index contributed by atoms with van der Waals surface area (Å²) < 4.78 is 26.2. The zero-order valence-corrected chi connectivity index (χ0v) is 9.51. The number of Topliss-reactive ketones (excluding diaryl/α,β-unsaturated/α-hetero) is 1. The number of rotatable bonds is 4. The van der Waals surface area contributed by atoms with Gasteiger partial charge in [-0.05, 0) is 43.1 Å². The molecule has 0 aliphatic carbocycles. The Labute approximate surface area is 99.0 Å². The van der Waals surface area contributed by atoms with Gasteiger partial charge in [-0.15, -0.1) is 0 Å². The molecule has 1 aliphatic rings. The van der Waals surface area contributed by atoms with Crippen LogP contribution in [0.25, 0.3) is 0 Å². The summed E-state index contributed by atoms with van der Waals surface area (Å²) in [6.07, 6.45) is 2.43. The molecule has 17 heavy (non-hydrogen) atoms. The molecule has 1 aliphatic heterocycles. The molecule has 1 N–H and O–H groups in total. The highest BCUT2D eigenvalue weighted by molar-refractivity contribution is 5.81. The molecule has 2 rings (SSSR count). The van der Waals surface area contributed by atoms with Crippen LogP contribution in [-0.4, -0.2) is 18.4 Å². The molecule has 1 aromatic rings. The van der Waals surface area contributed by atoms with Crippen molar-refractivity contribution >= 4 is 5.78 Å². The average Bonchev–Trinajstić information content (AvgIpc) is 2.76. The van der Waals surface area contributed by atoms with Crippen LogP contribution in [0.3, 0.4) is 0 Å². The molecule has 2 nitrogen and oxygen atoms in total. The molecule has 0 saturated carbocycles. The van der Waals surface area contributed by atoms with Gasteiger partial charge in [0.2, 0.25) is 0 Å². The molecule has 1 saturated heterocycles. The van der Waals surface area contributed by atoms with Crippen molar-refractivity contribution in [2.45, 2.75) is 31.7 Å². The second-order valence-electron chi connectivity index (χ2n) is 4.45. The lowest BCUT2D eigenvalue weighted by atomic mass is 10.0. The van der Waals surface area contributed by atoms with Gasteiger partial charge in [0, 0.05) is 18.9 Å². The van der Waals surface area contributed by atoms with Gasteiger partial charge in [-0.2, -0.15) is 0 Å². The van der Waals surface area contributed by atoms with Crippen LogP contribution in [0.5, 0.6) is 0 Å². The van der Waals surface area contributed by atoms with E-state index in [1.54, 1.807) is 0 Å². The number of hydrogen-bond acceptors (Lipinski definition) is 2. The molecular formula is C13H15F2NO. The first kappa shape index (κ1) is 12.2. The lowest BCUT2D eigenvalue weighted by Gasteiger charge is -2.09. The normalized spacial score (nSPS) is 19.5. The van der Waals surface area contributed by atoms with Crippen LogP contribution in [0.2, 0.25) is 0 Å². The second kappa shape index (κ2) is 5.36. The van der Waals surface area contributed by atoms with Crippen molar-refractivity contribution in [3.05, 3.63) is 35.4 Å². The van der Waals surface area contributed by atoms with E-state index in [1.165, 1.54) is 0 Å². The van der Waals surface area contributed by atoms with Crippen LogP contribution in [-0.2, 0) is 11.2 Å². The number of benzene rings is 1. The summed E-state index contributed by atoms with van der Waals surface area (Å²) in [4.78, 5) is 11.7. The molecule has 1 aromatic carbocycles. The van der Waals surface area contributed by atoms with Crippen LogP contribution in [0.1, 0.15) is 24.8 Å². The molecule has 1 heterocycles. The van der Waals surface area contributed by atoms with Gasteiger partial charge in [0.15, 0.2) is 0 Å². The van der Waals surface area contributed by atoms with E-state index >= 15 is 0 Å². The number of carbonyl (C=O) groups is 1. The van der Waals surface area contributed by atoms with Crippen molar-refractivity contribution in [3.8, 4) is 0 Å². The summed E-state index contributed by atoms with van der Waals surface area (Å²) >= 11 is 0. The zero-order chi connectivity index (χ0) is 12.3. The van der Waals surface area contributed by atoms with E-state index in [1.807, 2.05) is 0 Å². The predicted molar refractivity (Wildman–Crippen MR) is 60.7 cm³/mol. The quantitative estimate of drug-likeness (QED) is 0.872. The van der Waals surface area contributed by atoms with Gasteiger partial charge in [-0.3, -0.25) is 4.79 Å². The second-order valence-corrected chi connectivity index (χ2v) is 4.45. The first-order valence-electron chi connectivity index (χ1n) is 5.84. The number of hydrogen-bond donors (Lipinski definition) is 1. The maximum absolute atomic E-state index is 13.3. The predicted octanol–water partition coefficient (Wildman–Crippen LogP) is 2.22. The van der Waals surface area contributed by atoms with Crippen molar-refractivity contribution in [1.29, 1.82) is 0 Å². The van der Waals surface area contributed by atoms with Crippen LogP contribution >= 0.6 is 0 Å². The first-order chi connectivity index (χ1) is 8.15. The summed E-state index contributed by atoms with van der Waals surface area (Å²) in [7, 11) is 0. The lowest BCUT2D eigenvalue weighted by molar-refractivity contribution is -0.118. The first-order valence-corrected chi connectivity index (χ1v) is 5.84. The lowest BCUT2D eigenvalue weighted by Crippen LogP contribution is -2.25. The zero-order valence-electron chi connectivity index (χ0n) is 9.51. The van der Waals surface area contributed by atoms with Crippen molar-refractivity contribution < 1.29 is 13.6 Å². The van der Waals surface area contributed by atoms with Gasteiger partial charge >= 0.3 is 0 Å². The van der Waals surface area contributed by atoms with Gasteiger partial charge in [0.05, 0.1) is 0 Å². The Hall–Kier alpha value is -1.29. The third kappa shape index (κ3) is 3.33. The highest BCUT2D eigenvalue weighted by Crippen LogP contribution is 2.14. The smallest absolute Gasteiger partial charge is 0.138 e. The van der Waals surface area contributed by atoms with Crippen LogP contribution in [0.4, 0.5) is 8.78 Å². The molecule has 1 fully saturated rings. The van der Waals surface area contributed by atoms with E-state index in [0.717, 1.165) is 37.6 Å². The van der Waals surface area contributed by atoms with E-state index in [0.29, 0.717) is 6.42 Å². The summed E-state index contributed by atoms with van der Waals surface area (Å²) in [6.45, 7) is 0.937.